The molecular formula is C23H23F3N2. The van der Waals surface area contributed by atoms with Crippen LogP contribution < -0.4 is 0 Å². The van der Waals surface area contributed by atoms with Crippen LogP contribution in [0.5, 0.6) is 0 Å². The summed E-state index contributed by atoms with van der Waals surface area (Å²) < 4.78 is 42.9. The summed E-state index contributed by atoms with van der Waals surface area (Å²) >= 11 is 0. The van der Waals surface area contributed by atoms with Crippen molar-refractivity contribution < 1.29 is 13.2 Å². The number of aryl methyl sites for hydroxylation is 1. The van der Waals surface area contributed by atoms with E-state index < -0.39 is 11.8 Å². The maximum Gasteiger partial charge on any atom is 0.253 e. The van der Waals surface area contributed by atoms with Crippen molar-refractivity contribution in [1.82, 2.24) is 9.88 Å². The number of pyridine rings is 1. The number of para-hydroxylation sites is 1. The van der Waals surface area contributed by atoms with Crippen molar-refractivity contribution in [1.29, 1.82) is 0 Å². The van der Waals surface area contributed by atoms with Gasteiger partial charge in [-0.25, -0.2) is 18.2 Å². The molecule has 2 heterocycles. The number of fused-ring (bicyclic) bond motifs is 1. The van der Waals surface area contributed by atoms with E-state index in [0.29, 0.717) is 43.7 Å². The van der Waals surface area contributed by atoms with Gasteiger partial charge < -0.3 is 0 Å². The summed E-state index contributed by atoms with van der Waals surface area (Å²) in [7, 11) is 0. The van der Waals surface area contributed by atoms with Crippen LogP contribution in [0.1, 0.15) is 24.1 Å². The molecular weight excluding hydrogens is 361 g/mol. The summed E-state index contributed by atoms with van der Waals surface area (Å²) in [5.41, 5.74) is 2.13. The number of hydrogen-bond donors (Lipinski definition) is 0. The number of benzene rings is 2. The van der Waals surface area contributed by atoms with Crippen LogP contribution in [0.25, 0.3) is 10.9 Å². The van der Waals surface area contributed by atoms with Gasteiger partial charge in [-0.15, -0.1) is 0 Å². The smallest absolute Gasteiger partial charge is 0.253 e. The van der Waals surface area contributed by atoms with E-state index in [0.717, 1.165) is 10.9 Å². The molecule has 1 fully saturated rings. The lowest BCUT2D eigenvalue weighted by Gasteiger charge is -2.38. The summed E-state index contributed by atoms with van der Waals surface area (Å²) in [5.74, 6) is -3.68. The summed E-state index contributed by atoms with van der Waals surface area (Å²) in [6, 6.07) is 18.3. The van der Waals surface area contributed by atoms with Gasteiger partial charge in [0.15, 0.2) is 0 Å². The third-order valence-corrected chi connectivity index (χ3v) is 5.58. The molecule has 0 amide bonds. The summed E-state index contributed by atoms with van der Waals surface area (Å²) in [4.78, 5) is 6.44. The number of likely N-dealkylation sites (tertiary alicyclic amines) is 1. The lowest BCUT2D eigenvalue weighted by Crippen LogP contribution is -2.46. The lowest BCUT2D eigenvalue weighted by atomic mass is 9.88. The second-order valence-corrected chi connectivity index (χ2v) is 7.58. The SMILES string of the molecule is Fc1cccc2ccc(CN3CCC(F)(F)C(CCc4ccccc4)C3)nc12. The molecule has 3 aromatic rings. The van der Waals surface area contributed by atoms with Crippen LogP contribution in [0.15, 0.2) is 60.7 Å². The van der Waals surface area contributed by atoms with Crippen molar-refractivity contribution in [3.05, 3.63) is 77.7 Å². The maximum atomic E-state index is 14.5. The van der Waals surface area contributed by atoms with Crippen LogP contribution >= 0.6 is 0 Å². The predicted octanol–water partition coefficient (Wildman–Crippen LogP) is 5.46. The zero-order chi connectivity index (χ0) is 19.6. The van der Waals surface area contributed by atoms with E-state index in [1.807, 2.05) is 53.4 Å². The molecule has 5 heteroatoms. The second kappa shape index (κ2) is 7.92. The van der Waals surface area contributed by atoms with Crippen LogP contribution in [-0.4, -0.2) is 28.9 Å². The van der Waals surface area contributed by atoms with Gasteiger partial charge in [0.2, 0.25) is 0 Å². The molecule has 1 aliphatic rings. The van der Waals surface area contributed by atoms with Crippen LogP contribution in [0, 0.1) is 11.7 Å². The van der Waals surface area contributed by atoms with Crippen molar-refractivity contribution in [2.24, 2.45) is 5.92 Å². The van der Waals surface area contributed by atoms with Gasteiger partial charge in [-0.3, -0.25) is 4.90 Å². The lowest BCUT2D eigenvalue weighted by molar-refractivity contribution is -0.109. The summed E-state index contributed by atoms with van der Waals surface area (Å²) in [6.07, 6.45) is 0.954. The first-order valence-corrected chi connectivity index (χ1v) is 9.69. The molecule has 1 unspecified atom stereocenters. The molecule has 2 aromatic carbocycles. The zero-order valence-electron chi connectivity index (χ0n) is 15.6. The molecule has 0 aliphatic carbocycles. The Morgan fingerprint density at radius 1 is 1.00 bits per heavy atom. The Morgan fingerprint density at radius 3 is 2.64 bits per heavy atom. The normalized spacial score (nSPS) is 19.8. The Balaban J connectivity index is 1.44. The second-order valence-electron chi connectivity index (χ2n) is 7.58. The van der Waals surface area contributed by atoms with Crippen molar-refractivity contribution in [3.63, 3.8) is 0 Å². The van der Waals surface area contributed by atoms with E-state index in [1.54, 1.807) is 6.07 Å². The average Bonchev–Trinajstić information content (AvgIpc) is 2.70. The van der Waals surface area contributed by atoms with E-state index in [1.165, 1.54) is 6.07 Å². The van der Waals surface area contributed by atoms with Gasteiger partial charge in [0.25, 0.3) is 5.92 Å². The van der Waals surface area contributed by atoms with Gasteiger partial charge in [0.1, 0.15) is 11.3 Å². The minimum Gasteiger partial charge on any atom is -0.297 e. The quantitative estimate of drug-likeness (QED) is 0.580. The maximum absolute atomic E-state index is 14.5. The fourth-order valence-corrected chi connectivity index (χ4v) is 3.95. The molecule has 1 saturated heterocycles. The van der Waals surface area contributed by atoms with E-state index >= 15 is 0 Å². The average molecular weight is 384 g/mol. The molecule has 0 spiro atoms. The number of rotatable bonds is 5. The highest BCUT2D eigenvalue weighted by Crippen LogP contribution is 2.36. The van der Waals surface area contributed by atoms with Crippen molar-refractivity contribution >= 4 is 10.9 Å². The highest BCUT2D eigenvalue weighted by molar-refractivity contribution is 5.79. The Morgan fingerprint density at radius 2 is 1.82 bits per heavy atom. The molecule has 28 heavy (non-hydrogen) atoms. The molecule has 0 radical (unpaired) electrons. The zero-order valence-corrected chi connectivity index (χ0v) is 15.6. The molecule has 0 bridgehead atoms. The standard InChI is InChI=1S/C23H23F3N2/c24-21-8-4-7-18-10-12-20(27-22(18)21)16-28-14-13-23(25,26)19(15-28)11-9-17-5-2-1-3-6-17/h1-8,10,12,19H,9,11,13-16H2. The Hall–Kier alpha value is -2.40. The first kappa shape index (κ1) is 18.9. The molecule has 1 aliphatic heterocycles. The van der Waals surface area contributed by atoms with Crippen molar-refractivity contribution in [2.75, 3.05) is 13.1 Å². The molecule has 2 nitrogen and oxygen atoms in total. The van der Waals surface area contributed by atoms with Gasteiger partial charge in [-0.2, -0.15) is 0 Å². The first-order chi connectivity index (χ1) is 13.5. The highest BCUT2D eigenvalue weighted by Gasteiger charge is 2.43. The van der Waals surface area contributed by atoms with Crippen LogP contribution in [-0.2, 0) is 13.0 Å². The Labute approximate surface area is 163 Å². The van der Waals surface area contributed by atoms with Gasteiger partial charge in [0.05, 0.1) is 5.69 Å². The molecule has 0 saturated carbocycles. The molecule has 1 aromatic heterocycles. The number of alkyl halides is 2. The van der Waals surface area contributed by atoms with E-state index in [-0.39, 0.29) is 12.2 Å². The fourth-order valence-electron chi connectivity index (χ4n) is 3.95. The van der Waals surface area contributed by atoms with E-state index in [2.05, 4.69) is 4.98 Å². The van der Waals surface area contributed by atoms with Crippen LogP contribution in [0.2, 0.25) is 0 Å². The largest absolute Gasteiger partial charge is 0.297 e. The predicted molar refractivity (Wildman–Crippen MR) is 105 cm³/mol. The third-order valence-electron chi connectivity index (χ3n) is 5.58. The Bertz CT molecular complexity index is 943. The van der Waals surface area contributed by atoms with E-state index in [9.17, 15) is 13.2 Å². The minimum absolute atomic E-state index is 0.144. The number of piperidine rings is 1. The van der Waals surface area contributed by atoms with Crippen molar-refractivity contribution in [3.8, 4) is 0 Å². The summed E-state index contributed by atoms with van der Waals surface area (Å²) in [6.45, 7) is 1.12. The Kier molecular flexibility index (Phi) is 5.36. The van der Waals surface area contributed by atoms with Crippen LogP contribution in [0.3, 0.4) is 0 Å². The minimum atomic E-state index is -2.64. The third kappa shape index (κ3) is 4.20. The monoisotopic (exact) mass is 384 g/mol. The van der Waals surface area contributed by atoms with Gasteiger partial charge in [0, 0.05) is 37.4 Å². The molecule has 0 N–H and O–H groups in total. The van der Waals surface area contributed by atoms with Crippen LogP contribution in [0.4, 0.5) is 13.2 Å². The number of halogens is 3. The number of aromatic nitrogens is 1. The summed E-state index contributed by atoms with van der Waals surface area (Å²) in [5, 5.41) is 0.745. The number of hydrogen-bond acceptors (Lipinski definition) is 2. The van der Waals surface area contributed by atoms with Crippen molar-refractivity contribution in [2.45, 2.75) is 31.7 Å². The highest BCUT2D eigenvalue weighted by atomic mass is 19.3. The van der Waals surface area contributed by atoms with Gasteiger partial charge in [-0.1, -0.05) is 48.5 Å². The molecule has 4 rings (SSSR count). The fraction of sp³-hybridized carbons (Fsp3) is 0.348. The molecule has 1 atom stereocenters. The number of nitrogens with zero attached hydrogens (tertiary/aromatic N) is 2. The molecule has 146 valence electrons. The van der Waals surface area contributed by atoms with Gasteiger partial charge >= 0.3 is 0 Å². The van der Waals surface area contributed by atoms with E-state index in [4.69, 9.17) is 0 Å². The topological polar surface area (TPSA) is 16.1 Å². The van der Waals surface area contributed by atoms with Gasteiger partial charge in [-0.05, 0) is 30.5 Å². The first-order valence-electron chi connectivity index (χ1n) is 9.69.